The summed E-state index contributed by atoms with van der Waals surface area (Å²) in [5.41, 5.74) is 2.06. The van der Waals surface area contributed by atoms with Crippen LogP contribution in [-0.2, 0) is 0 Å². The van der Waals surface area contributed by atoms with Crippen molar-refractivity contribution in [2.24, 2.45) is 0 Å². The van der Waals surface area contributed by atoms with E-state index in [-0.39, 0.29) is 11.9 Å². The van der Waals surface area contributed by atoms with Crippen molar-refractivity contribution in [1.82, 2.24) is 4.90 Å². The largest absolute Gasteiger partial charge is 0.336 e. The highest BCUT2D eigenvalue weighted by molar-refractivity contribution is 9.09. The molecule has 0 aromatic heterocycles. The number of carbonyl (C=O) groups excluding carboxylic acids is 1. The molecule has 0 saturated heterocycles. The lowest BCUT2D eigenvalue weighted by molar-refractivity contribution is 0.0706. The fourth-order valence-electron chi connectivity index (χ4n) is 2.00. The highest BCUT2D eigenvalue weighted by Crippen LogP contribution is 2.16. The molecule has 0 saturated carbocycles. The van der Waals surface area contributed by atoms with Crippen molar-refractivity contribution < 1.29 is 4.79 Å². The van der Waals surface area contributed by atoms with Gasteiger partial charge in [-0.25, -0.2) is 0 Å². The Labute approximate surface area is 125 Å². The predicted molar refractivity (Wildman–Crippen MR) is 85.1 cm³/mol. The van der Waals surface area contributed by atoms with Crippen LogP contribution >= 0.6 is 15.9 Å². The number of hydrogen-bond donors (Lipinski definition) is 0. The van der Waals surface area contributed by atoms with Gasteiger partial charge in [0.1, 0.15) is 0 Å². The zero-order valence-electron chi connectivity index (χ0n) is 12.3. The minimum Gasteiger partial charge on any atom is -0.336 e. The molecule has 0 radical (unpaired) electrons. The summed E-state index contributed by atoms with van der Waals surface area (Å²) in [5.74, 6) is 0.630. The van der Waals surface area contributed by atoms with Gasteiger partial charge in [0.2, 0.25) is 0 Å². The average molecular weight is 326 g/mol. The van der Waals surface area contributed by atoms with Crippen LogP contribution in [0.1, 0.15) is 56.0 Å². The Morgan fingerprint density at radius 3 is 2.16 bits per heavy atom. The van der Waals surface area contributed by atoms with Gasteiger partial charge >= 0.3 is 0 Å². The molecular formula is C16H24BrNO. The van der Waals surface area contributed by atoms with Crippen LogP contribution < -0.4 is 0 Å². The van der Waals surface area contributed by atoms with Gasteiger partial charge < -0.3 is 4.90 Å². The van der Waals surface area contributed by atoms with Crippen LogP contribution in [0.2, 0.25) is 0 Å². The van der Waals surface area contributed by atoms with E-state index in [1.54, 1.807) is 0 Å². The summed E-state index contributed by atoms with van der Waals surface area (Å²) < 4.78 is 0. The minimum atomic E-state index is 0.131. The molecule has 1 aromatic rings. The molecule has 0 bridgehead atoms. The first-order valence-corrected chi connectivity index (χ1v) is 8.06. The van der Waals surface area contributed by atoms with E-state index >= 15 is 0 Å². The predicted octanol–water partition coefficient (Wildman–Crippen LogP) is 4.45. The number of nitrogens with zero attached hydrogens (tertiary/aromatic N) is 1. The maximum absolute atomic E-state index is 12.5. The fourth-order valence-corrected chi connectivity index (χ4v) is 2.25. The van der Waals surface area contributed by atoms with Gasteiger partial charge in [0, 0.05) is 23.5 Å². The number of carbonyl (C=O) groups is 1. The lowest BCUT2D eigenvalue weighted by Gasteiger charge is -2.26. The second-order valence-electron chi connectivity index (χ2n) is 5.41. The number of halogens is 1. The lowest BCUT2D eigenvalue weighted by atomic mass is 10.0. The zero-order valence-corrected chi connectivity index (χ0v) is 13.9. The molecule has 106 valence electrons. The average Bonchev–Trinajstić information content (AvgIpc) is 2.38. The van der Waals surface area contributed by atoms with Crippen molar-refractivity contribution in [3.63, 3.8) is 0 Å². The van der Waals surface area contributed by atoms with Crippen molar-refractivity contribution in [1.29, 1.82) is 0 Å². The molecule has 1 amide bonds. The molecule has 0 atom stereocenters. The summed E-state index contributed by atoms with van der Waals surface area (Å²) in [6.07, 6.45) is 0.980. The number of alkyl halides is 1. The molecule has 0 heterocycles. The van der Waals surface area contributed by atoms with E-state index in [0.717, 1.165) is 23.9 Å². The van der Waals surface area contributed by atoms with Crippen molar-refractivity contribution in [3.8, 4) is 0 Å². The Morgan fingerprint density at radius 1 is 1.16 bits per heavy atom. The number of hydrogen-bond acceptors (Lipinski definition) is 1. The Kier molecular flexibility index (Phi) is 6.56. The SMILES string of the molecule is CC(C)c1ccc(C(=O)N(CCCBr)C(C)C)cc1. The van der Waals surface area contributed by atoms with Gasteiger partial charge in [-0.15, -0.1) is 0 Å². The van der Waals surface area contributed by atoms with Crippen molar-refractivity contribution in [3.05, 3.63) is 35.4 Å². The van der Waals surface area contributed by atoms with E-state index in [4.69, 9.17) is 0 Å². The van der Waals surface area contributed by atoms with E-state index in [2.05, 4.69) is 55.8 Å². The minimum absolute atomic E-state index is 0.131. The Balaban J connectivity index is 2.84. The summed E-state index contributed by atoms with van der Waals surface area (Å²) in [7, 11) is 0. The van der Waals surface area contributed by atoms with Crippen molar-refractivity contribution in [2.75, 3.05) is 11.9 Å². The van der Waals surface area contributed by atoms with Crippen LogP contribution in [-0.4, -0.2) is 28.7 Å². The summed E-state index contributed by atoms with van der Waals surface area (Å²) in [6, 6.07) is 8.24. The number of benzene rings is 1. The van der Waals surface area contributed by atoms with Gasteiger partial charge in [-0.3, -0.25) is 4.79 Å². The molecule has 0 spiro atoms. The van der Waals surface area contributed by atoms with Gasteiger partial charge in [-0.05, 0) is 43.9 Å². The third-order valence-corrected chi connectivity index (χ3v) is 3.80. The summed E-state index contributed by atoms with van der Waals surface area (Å²) in [4.78, 5) is 14.4. The maximum atomic E-state index is 12.5. The molecular weight excluding hydrogens is 302 g/mol. The van der Waals surface area contributed by atoms with E-state index in [1.807, 2.05) is 17.0 Å². The van der Waals surface area contributed by atoms with Crippen LogP contribution in [0.5, 0.6) is 0 Å². The molecule has 1 aromatic carbocycles. The summed E-state index contributed by atoms with van der Waals surface area (Å²) >= 11 is 3.42. The molecule has 1 rings (SSSR count). The summed E-state index contributed by atoms with van der Waals surface area (Å²) in [5, 5.41) is 0.926. The zero-order chi connectivity index (χ0) is 14.4. The van der Waals surface area contributed by atoms with E-state index in [0.29, 0.717) is 5.92 Å². The van der Waals surface area contributed by atoms with Crippen LogP contribution in [0.25, 0.3) is 0 Å². The Bertz CT molecular complexity index is 398. The van der Waals surface area contributed by atoms with E-state index < -0.39 is 0 Å². The van der Waals surface area contributed by atoms with Crippen LogP contribution in [0.15, 0.2) is 24.3 Å². The third-order valence-electron chi connectivity index (χ3n) is 3.24. The molecule has 0 aliphatic carbocycles. The third kappa shape index (κ3) is 4.64. The maximum Gasteiger partial charge on any atom is 0.254 e. The monoisotopic (exact) mass is 325 g/mol. The molecule has 0 aliphatic heterocycles. The molecule has 2 nitrogen and oxygen atoms in total. The van der Waals surface area contributed by atoms with Crippen LogP contribution in [0.3, 0.4) is 0 Å². The Morgan fingerprint density at radius 2 is 1.74 bits per heavy atom. The molecule has 0 aliphatic rings. The van der Waals surface area contributed by atoms with Crippen LogP contribution in [0.4, 0.5) is 0 Å². The van der Waals surface area contributed by atoms with Gasteiger partial charge in [0.25, 0.3) is 5.91 Å². The first kappa shape index (κ1) is 16.2. The smallest absolute Gasteiger partial charge is 0.254 e. The van der Waals surface area contributed by atoms with Gasteiger partial charge in [0.05, 0.1) is 0 Å². The van der Waals surface area contributed by atoms with Crippen LogP contribution in [0, 0.1) is 0 Å². The van der Waals surface area contributed by atoms with Crippen molar-refractivity contribution in [2.45, 2.75) is 46.1 Å². The molecule has 19 heavy (non-hydrogen) atoms. The van der Waals surface area contributed by atoms with Gasteiger partial charge in [0.15, 0.2) is 0 Å². The topological polar surface area (TPSA) is 20.3 Å². The van der Waals surface area contributed by atoms with E-state index in [1.165, 1.54) is 5.56 Å². The van der Waals surface area contributed by atoms with E-state index in [9.17, 15) is 4.79 Å². The standard InChI is InChI=1S/C16H24BrNO/c1-12(2)14-6-8-15(9-7-14)16(19)18(13(3)4)11-5-10-17/h6-9,12-13H,5,10-11H2,1-4H3. The summed E-state index contributed by atoms with van der Waals surface area (Å²) in [6.45, 7) is 9.25. The molecule has 3 heteroatoms. The second-order valence-corrected chi connectivity index (χ2v) is 6.20. The number of rotatable bonds is 6. The fraction of sp³-hybridized carbons (Fsp3) is 0.562. The first-order chi connectivity index (χ1) is 8.97. The quantitative estimate of drug-likeness (QED) is 0.708. The highest BCUT2D eigenvalue weighted by Gasteiger charge is 2.18. The van der Waals surface area contributed by atoms with Gasteiger partial charge in [-0.2, -0.15) is 0 Å². The second kappa shape index (κ2) is 7.68. The first-order valence-electron chi connectivity index (χ1n) is 6.94. The van der Waals surface area contributed by atoms with Crippen molar-refractivity contribution >= 4 is 21.8 Å². The number of amides is 1. The lowest BCUT2D eigenvalue weighted by Crippen LogP contribution is -2.37. The molecule has 0 fully saturated rings. The van der Waals surface area contributed by atoms with Gasteiger partial charge in [-0.1, -0.05) is 41.9 Å². The molecule has 0 N–H and O–H groups in total. The highest BCUT2D eigenvalue weighted by atomic mass is 79.9. The Hall–Kier alpha value is -0.830. The normalized spacial score (nSPS) is 11.1. The molecule has 0 unspecified atom stereocenters.